The largest absolute Gasteiger partial charge is 0.300 e. The van der Waals surface area contributed by atoms with E-state index in [0.717, 1.165) is 6.04 Å². The van der Waals surface area contributed by atoms with Crippen LogP contribution in [0.2, 0.25) is 0 Å². The molecule has 1 aromatic heterocycles. The summed E-state index contributed by atoms with van der Waals surface area (Å²) in [7, 11) is 0. The van der Waals surface area contributed by atoms with Crippen molar-refractivity contribution >= 4 is 11.8 Å². The van der Waals surface area contributed by atoms with Gasteiger partial charge in [-0.2, -0.15) is 16.9 Å². The van der Waals surface area contributed by atoms with E-state index in [4.69, 9.17) is 0 Å². The van der Waals surface area contributed by atoms with E-state index in [1.807, 2.05) is 6.20 Å². The van der Waals surface area contributed by atoms with Crippen molar-refractivity contribution in [3.05, 3.63) is 17.5 Å². The molecule has 0 radical (unpaired) electrons. The lowest BCUT2D eigenvalue weighted by molar-refractivity contribution is 0.139. The third-order valence-electron chi connectivity index (χ3n) is 4.44. The average molecular weight is 265 g/mol. The first-order valence-electron chi connectivity index (χ1n) is 7.16. The van der Waals surface area contributed by atoms with Gasteiger partial charge in [0, 0.05) is 24.2 Å². The number of likely N-dealkylation sites (tertiary alicyclic amines) is 1. The van der Waals surface area contributed by atoms with Gasteiger partial charge in [-0.1, -0.05) is 0 Å². The van der Waals surface area contributed by atoms with Crippen LogP contribution in [0.4, 0.5) is 0 Å². The van der Waals surface area contributed by atoms with Crippen LogP contribution >= 0.6 is 11.8 Å². The lowest BCUT2D eigenvalue weighted by Gasteiger charge is -2.39. The van der Waals surface area contributed by atoms with Crippen molar-refractivity contribution in [1.29, 1.82) is 0 Å². The van der Waals surface area contributed by atoms with E-state index < -0.39 is 0 Å². The number of H-pyrrole nitrogens is 1. The Kier molecular flexibility index (Phi) is 3.94. The summed E-state index contributed by atoms with van der Waals surface area (Å²) in [6, 6.07) is 0.845. The molecule has 2 saturated heterocycles. The summed E-state index contributed by atoms with van der Waals surface area (Å²) in [5.74, 6) is 3.39. The fourth-order valence-electron chi connectivity index (χ4n) is 3.39. The summed E-state index contributed by atoms with van der Waals surface area (Å²) in [4.78, 5) is 2.74. The molecule has 1 atom stereocenters. The molecule has 0 aliphatic carbocycles. The number of thioether (sulfide) groups is 1. The molecule has 18 heavy (non-hydrogen) atoms. The Morgan fingerprint density at radius 1 is 1.33 bits per heavy atom. The smallest absolute Gasteiger partial charge is 0.0519 e. The van der Waals surface area contributed by atoms with Gasteiger partial charge in [0.25, 0.3) is 0 Å². The molecule has 2 fully saturated rings. The molecule has 0 spiro atoms. The molecule has 0 saturated carbocycles. The highest BCUT2D eigenvalue weighted by atomic mass is 32.2. The van der Waals surface area contributed by atoms with E-state index in [1.54, 1.807) is 0 Å². The highest BCUT2D eigenvalue weighted by molar-refractivity contribution is 7.99. The van der Waals surface area contributed by atoms with E-state index in [2.05, 4.69) is 33.8 Å². The fraction of sp³-hybridized carbons (Fsp3) is 0.786. The van der Waals surface area contributed by atoms with Gasteiger partial charge < -0.3 is 0 Å². The Labute approximate surface area is 114 Å². The summed E-state index contributed by atoms with van der Waals surface area (Å²) in [6.07, 6.45) is 7.40. The fourth-order valence-corrected chi connectivity index (χ4v) is 4.48. The summed E-state index contributed by atoms with van der Waals surface area (Å²) in [5.41, 5.74) is 2.71. The van der Waals surface area contributed by atoms with E-state index in [9.17, 15) is 0 Å². The van der Waals surface area contributed by atoms with Crippen LogP contribution in [-0.4, -0.2) is 45.7 Å². The number of aryl methyl sites for hydroxylation is 1. The van der Waals surface area contributed by atoms with E-state index in [-0.39, 0.29) is 0 Å². The molecule has 0 bridgehead atoms. The zero-order chi connectivity index (χ0) is 12.4. The van der Waals surface area contributed by atoms with Crippen LogP contribution in [-0.2, 0) is 0 Å². The SMILES string of the molecule is Cc1cn[nH]c1C1CCCN(C2CCSCC2)C1. The number of hydrogen-bond acceptors (Lipinski definition) is 3. The van der Waals surface area contributed by atoms with Crippen molar-refractivity contribution in [2.24, 2.45) is 0 Å². The van der Waals surface area contributed by atoms with Crippen LogP contribution in [0.3, 0.4) is 0 Å². The number of piperidine rings is 1. The van der Waals surface area contributed by atoms with E-state index in [0.29, 0.717) is 5.92 Å². The van der Waals surface area contributed by atoms with Crippen LogP contribution in [0.5, 0.6) is 0 Å². The van der Waals surface area contributed by atoms with Crippen molar-refractivity contribution in [3.63, 3.8) is 0 Å². The Morgan fingerprint density at radius 3 is 2.89 bits per heavy atom. The molecular formula is C14H23N3S. The van der Waals surface area contributed by atoms with Gasteiger partial charge in [-0.3, -0.25) is 10.00 Å². The molecule has 3 heterocycles. The van der Waals surface area contributed by atoms with Crippen molar-refractivity contribution < 1.29 is 0 Å². The monoisotopic (exact) mass is 265 g/mol. The maximum atomic E-state index is 4.19. The molecular weight excluding hydrogens is 242 g/mol. The molecule has 2 aliphatic heterocycles. The Balaban J connectivity index is 1.66. The number of rotatable bonds is 2. The molecule has 1 N–H and O–H groups in total. The van der Waals surface area contributed by atoms with Crippen LogP contribution in [0.25, 0.3) is 0 Å². The number of aromatic nitrogens is 2. The maximum absolute atomic E-state index is 4.19. The van der Waals surface area contributed by atoms with E-state index in [1.165, 1.54) is 61.5 Å². The summed E-state index contributed by atoms with van der Waals surface area (Å²) in [6.45, 7) is 4.71. The minimum Gasteiger partial charge on any atom is -0.300 e. The Morgan fingerprint density at radius 2 is 2.17 bits per heavy atom. The number of nitrogens with one attached hydrogen (secondary N) is 1. The molecule has 100 valence electrons. The van der Waals surface area contributed by atoms with Crippen molar-refractivity contribution in [2.45, 2.75) is 44.6 Å². The zero-order valence-corrected chi connectivity index (χ0v) is 12.0. The average Bonchev–Trinajstić information content (AvgIpc) is 2.86. The second-order valence-electron chi connectivity index (χ2n) is 5.64. The third-order valence-corrected chi connectivity index (χ3v) is 5.49. The Bertz CT molecular complexity index is 384. The van der Waals surface area contributed by atoms with Crippen molar-refractivity contribution in [1.82, 2.24) is 15.1 Å². The Hall–Kier alpha value is -0.480. The second-order valence-corrected chi connectivity index (χ2v) is 6.87. The van der Waals surface area contributed by atoms with Gasteiger partial charge >= 0.3 is 0 Å². The van der Waals surface area contributed by atoms with Gasteiger partial charge in [0.05, 0.1) is 6.20 Å². The van der Waals surface area contributed by atoms with E-state index >= 15 is 0 Å². The first-order valence-corrected chi connectivity index (χ1v) is 8.31. The van der Waals surface area contributed by atoms with Gasteiger partial charge in [-0.25, -0.2) is 0 Å². The minimum atomic E-state index is 0.677. The van der Waals surface area contributed by atoms with Crippen LogP contribution in [0, 0.1) is 6.92 Å². The number of hydrogen-bond donors (Lipinski definition) is 1. The molecule has 2 aliphatic rings. The minimum absolute atomic E-state index is 0.677. The van der Waals surface area contributed by atoms with Crippen LogP contribution < -0.4 is 0 Å². The molecule has 4 heteroatoms. The number of nitrogens with zero attached hydrogens (tertiary/aromatic N) is 2. The zero-order valence-electron chi connectivity index (χ0n) is 11.2. The van der Waals surface area contributed by atoms with Crippen molar-refractivity contribution in [2.75, 3.05) is 24.6 Å². The first kappa shape index (κ1) is 12.5. The quantitative estimate of drug-likeness (QED) is 0.892. The summed E-state index contributed by atoms with van der Waals surface area (Å²) in [5, 5.41) is 7.41. The van der Waals surface area contributed by atoms with Crippen LogP contribution in [0.1, 0.15) is 42.9 Å². The predicted molar refractivity (Wildman–Crippen MR) is 77.2 cm³/mol. The van der Waals surface area contributed by atoms with Crippen molar-refractivity contribution in [3.8, 4) is 0 Å². The lowest BCUT2D eigenvalue weighted by Crippen LogP contribution is -2.43. The standard InChI is InChI=1S/C14H23N3S/c1-11-9-15-16-14(11)12-3-2-6-17(10-12)13-4-7-18-8-5-13/h9,12-13H,2-8,10H2,1H3,(H,15,16). The molecule has 1 unspecified atom stereocenters. The molecule has 3 nitrogen and oxygen atoms in total. The molecule has 1 aromatic rings. The predicted octanol–water partition coefficient (Wildman–Crippen LogP) is 2.79. The number of aromatic amines is 1. The molecule has 0 amide bonds. The normalized spacial score (nSPS) is 27.5. The van der Waals surface area contributed by atoms with Crippen LogP contribution in [0.15, 0.2) is 6.20 Å². The summed E-state index contributed by atoms with van der Waals surface area (Å²) >= 11 is 2.12. The molecule has 0 aromatic carbocycles. The van der Waals surface area contributed by atoms with Gasteiger partial charge in [0.1, 0.15) is 0 Å². The highest BCUT2D eigenvalue weighted by Gasteiger charge is 2.28. The second kappa shape index (κ2) is 5.66. The van der Waals surface area contributed by atoms with Gasteiger partial charge in [0.15, 0.2) is 0 Å². The lowest BCUT2D eigenvalue weighted by atomic mass is 9.91. The topological polar surface area (TPSA) is 31.9 Å². The van der Waals surface area contributed by atoms with Gasteiger partial charge in [0.2, 0.25) is 0 Å². The molecule has 3 rings (SSSR count). The maximum Gasteiger partial charge on any atom is 0.0519 e. The van der Waals surface area contributed by atoms with Gasteiger partial charge in [-0.05, 0) is 56.2 Å². The third kappa shape index (κ3) is 2.59. The summed E-state index contributed by atoms with van der Waals surface area (Å²) < 4.78 is 0. The highest BCUT2D eigenvalue weighted by Crippen LogP contribution is 2.31. The first-order chi connectivity index (χ1) is 8.84. The van der Waals surface area contributed by atoms with Gasteiger partial charge in [-0.15, -0.1) is 0 Å².